The molecule has 3 heterocycles. The van der Waals surface area contributed by atoms with E-state index in [1.165, 1.54) is 35.4 Å². The molecule has 3 aromatic heterocycles. The Morgan fingerprint density at radius 2 is 2.00 bits per heavy atom. The van der Waals surface area contributed by atoms with Crippen LogP contribution in [0, 0.1) is 0 Å². The molecule has 0 saturated carbocycles. The molecule has 8 heteroatoms. The third kappa shape index (κ3) is 2.49. The zero-order valence-corrected chi connectivity index (χ0v) is 11.8. The number of aromatic carboxylic acids is 1. The van der Waals surface area contributed by atoms with Gasteiger partial charge in [-0.1, -0.05) is 11.6 Å². The number of aromatic nitrogens is 4. The third-order valence-electron chi connectivity index (χ3n) is 3.03. The van der Waals surface area contributed by atoms with Gasteiger partial charge in [0.1, 0.15) is 5.15 Å². The minimum Gasteiger partial charge on any atom is -0.478 e. The summed E-state index contributed by atoms with van der Waals surface area (Å²) in [7, 11) is 0. The van der Waals surface area contributed by atoms with Crippen molar-refractivity contribution in [3.05, 3.63) is 63.9 Å². The fourth-order valence-corrected chi connectivity index (χ4v) is 2.04. The summed E-state index contributed by atoms with van der Waals surface area (Å²) in [4.78, 5) is 31.1. The lowest BCUT2D eigenvalue weighted by Gasteiger charge is -2.00. The molecule has 0 atom stereocenters. The van der Waals surface area contributed by atoms with Gasteiger partial charge in [0.25, 0.3) is 5.56 Å². The summed E-state index contributed by atoms with van der Waals surface area (Å²) in [6.45, 7) is 0. The SMILES string of the molecule is O=C(O)c1ccc(-n2[nH]cc(-c3ccc(Cl)nc3)c2=O)nc1. The van der Waals surface area contributed by atoms with E-state index < -0.39 is 5.97 Å². The van der Waals surface area contributed by atoms with Crippen LogP contribution in [0.25, 0.3) is 16.9 Å². The van der Waals surface area contributed by atoms with Gasteiger partial charge in [0.05, 0.1) is 11.1 Å². The van der Waals surface area contributed by atoms with Gasteiger partial charge in [-0.3, -0.25) is 9.89 Å². The molecule has 3 aromatic rings. The smallest absolute Gasteiger partial charge is 0.337 e. The number of carboxylic acids is 1. The normalized spacial score (nSPS) is 10.6. The molecule has 22 heavy (non-hydrogen) atoms. The van der Waals surface area contributed by atoms with Crippen molar-refractivity contribution in [3.63, 3.8) is 0 Å². The van der Waals surface area contributed by atoms with Gasteiger partial charge < -0.3 is 5.11 Å². The van der Waals surface area contributed by atoms with E-state index in [1.807, 2.05) is 0 Å². The predicted molar refractivity (Wildman–Crippen MR) is 79.4 cm³/mol. The van der Waals surface area contributed by atoms with E-state index in [2.05, 4.69) is 15.1 Å². The molecular formula is C14H9ClN4O3. The molecule has 0 saturated heterocycles. The van der Waals surface area contributed by atoms with Gasteiger partial charge >= 0.3 is 5.97 Å². The number of carbonyl (C=O) groups is 1. The van der Waals surface area contributed by atoms with Gasteiger partial charge in [-0.15, -0.1) is 0 Å². The molecule has 110 valence electrons. The second-order valence-electron chi connectivity index (χ2n) is 4.41. The van der Waals surface area contributed by atoms with Crippen LogP contribution in [0.15, 0.2) is 47.7 Å². The molecule has 2 N–H and O–H groups in total. The van der Waals surface area contributed by atoms with Gasteiger partial charge in [-0.25, -0.2) is 19.4 Å². The van der Waals surface area contributed by atoms with Gasteiger partial charge in [-0.2, -0.15) is 0 Å². The highest BCUT2D eigenvalue weighted by atomic mass is 35.5. The van der Waals surface area contributed by atoms with Gasteiger partial charge in [0, 0.05) is 24.2 Å². The first-order chi connectivity index (χ1) is 10.6. The lowest BCUT2D eigenvalue weighted by atomic mass is 10.2. The zero-order valence-electron chi connectivity index (χ0n) is 11.0. The van der Waals surface area contributed by atoms with Crippen LogP contribution in [0.4, 0.5) is 0 Å². The van der Waals surface area contributed by atoms with Crippen molar-refractivity contribution in [2.45, 2.75) is 0 Å². The fraction of sp³-hybridized carbons (Fsp3) is 0. The first-order valence-corrected chi connectivity index (χ1v) is 6.56. The maximum absolute atomic E-state index is 12.4. The van der Waals surface area contributed by atoms with Gasteiger partial charge in [0.15, 0.2) is 5.82 Å². The Balaban J connectivity index is 2.01. The molecule has 0 aliphatic heterocycles. The average Bonchev–Trinajstić information content (AvgIpc) is 2.90. The average molecular weight is 317 g/mol. The second-order valence-corrected chi connectivity index (χ2v) is 4.79. The predicted octanol–water partition coefficient (Wildman–Crippen LogP) is 1.97. The summed E-state index contributed by atoms with van der Waals surface area (Å²) < 4.78 is 1.22. The Kier molecular flexibility index (Phi) is 3.48. The molecule has 0 unspecified atom stereocenters. The number of halogens is 1. The van der Waals surface area contributed by atoms with Crippen molar-refractivity contribution in [1.29, 1.82) is 0 Å². The Morgan fingerprint density at radius 3 is 2.59 bits per heavy atom. The van der Waals surface area contributed by atoms with Crippen molar-refractivity contribution in [2.75, 3.05) is 0 Å². The summed E-state index contributed by atoms with van der Waals surface area (Å²) in [5.41, 5.74) is 0.755. The summed E-state index contributed by atoms with van der Waals surface area (Å²) in [6, 6.07) is 6.10. The molecule has 0 fully saturated rings. The molecule has 3 rings (SSSR count). The number of hydrogen-bond donors (Lipinski definition) is 2. The van der Waals surface area contributed by atoms with Crippen LogP contribution in [0.1, 0.15) is 10.4 Å². The van der Waals surface area contributed by atoms with Crippen LogP contribution in [0.5, 0.6) is 0 Å². The topological polar surface area (TPSA) is 101 Å². The summed E-state index contributed by atoms with van der Waals surface area (Å²) in [5, 5.41) is 12.0. The Labute approximate surface area is 128 Å². The number of aromatic amines is 1. The van der Waals surface area contributed by atoms with Crippen LogP contribution in [0.2, 0.25) is 5.15 Å². The van der Waals surface area contributed by atoms with Crippen LogP contribution in [-0.4, -0.2) is 30.8 Å². The van der Waals surface area contributed by atoms with Crippen LogP contribution >= 0.6 is 11.6 Å². The van der Waals surface area contributed by atoms with E-state index in [-0.39, 0.29) is 11.1 Å². The van der Waals surface area contributed by atoms with E-state index in [9.17, 15) is 9.59 Å². The second kappa shape index (κ2) is 5.45. The number of hydrogen-bond acceptors (Lipinski definition) is 4. The Hall–Kier alpha value is -2.93. The van der Waals surface area contributed by atoms with Crippen molar-refractivity contribution in [2.24, 2.45) is 0 Å². The molecular weight excluding hydrogens is 308 g/mol. The maximum Gasteiger partial charge on any atom is 0.337 e. The highest BCUT2D eigenvalue weighted by Crippen LogP contribution is 2.16. The highest BCUT2D eigenvalue weighted by molar-refractivity contribution is 6.29. The molecule has 0 aliphatic carbocycles. The summed E-state index contributed by atoms with van der Waals surface area (Å²) >= 11 is 5.72. The third-order valence-corrected chi connectivity index (χ3v) is 3.26. The quantitative estimate of drug-likeness (QED) is 0.719. The standard InChI is InChI=1S/C14H9ClN4O3/c15-11-3-1-8(5-16-11)10-7-18-19(13(10)20)12-4-2-9(6-17-12)14(21)22/h1-7,18H,(H,21,22). The van der Waals surface area contributed by atoms with Crippen LogP contribution in [-0.2, 0) is 0 Å². The molecule has 0 bridgehead atoms. The fourth-order valence-electron chi connectivity index (χ4n) is 1.93. The van der Waals surface area contributed by atoms with E-state index >= 15 is 0 Å². The Bertz CT molecular complexity index is 882. The summed E-state index contributed by atoms with van der Waals surface area (Å²) in [5.74, 6) is -0.783. The zero-order chi connectivity index (χ0) is 15.7. The minimum atomic E-state index is -1.08. The molecule has 0 amide bonds. The first kappa shape index (κ1) is 14.0. The molecule has 0 spiro atoms. The van der Waals surface area contributed by atoms with Crippen molar-refractivity contribution in [3.8, 4) is 16.9 Å². The number of carboxylic acid groups (broad SMARTS) is 1. The number of nitrogens with one attached hydrogen (secondary N) is 1. The monoisotopic (exact) mass is 316 g/mol. The Morgan fingerprint density at radius 1 is 1.18 bits per heavy atom. The van der Waals surface area contributed by atoms with E-state index in [0.29, 0.717) is 22.1 Å². The summed E-state index contributed by atoms with van der Waals surface area (Å²) in [6.07, 6.45) is 4.21. The molecule has 0 aromatic carbocycles. The minimum absolute atomic E-state index is 0.0467. The van der Waals surface area contributed by atoms with E-state index in [1.54, 1.807) is 12.1 Å². The lowest BCUT2D eigenvalue weighted by Crippen LogP contribution is -2.17. The molecule has 7 nitrogen and oxygen atoms in total. The number of nitrogens with zero attached hydrogens (tertiary/aromatic N) is 3. The van der Waals surface area contributed by atoms with Gasteiger partial charge in [0.2, 0.25) is 0 Å². The van der Waals surface area contributed by atoms with Crippen LogP contribution < -0.4 is 5.56 Å². The van der Waals surface area contributed by atoms with Crippen molar-refractivity contribution in [1.82, 2.24) is 19.7 Å². The molecule has 0 radical (unpaired) electrons. The maximum atomic E-state index is 12.4. The highest BCUT2D eigenvalue weighted by Gasteiger charge is 2.12. The van der Waals surface area contributed by atoms with E-state index in [0.717, 1.165) is 0 Å². The number of pyridine rings is 2. The van der Waals surface area contributed by atoms with Crippen LogP contribution in [0.3, 0.4) is 0 Å². The lowest BCUT2D eigenvalue weighted by molar-refractivity contribution is 0.0696. The molecule has 0 aliphatic rings. The largest absolute Gasteiger partial charge is 0.478 e. The number of H-pyrrole nitrogens is 1. The first-order valence-electron chi connectivity index (χ1n) is 6.18. The van der Waals surface area contributed by atoms with E-state index in [4.69, 9.17) is 16.7 Å². The van der Waals surface area contributed by atoms with Crippen molar-refractivity contribution < 1.29 is 9.90 Å². The van der Waals surface area contributed by atoms with Gasteiger partial charge in [-0.05, 0) is 24.3 Å². The number of rotatable bonds is 3. The van der Waals surface area contributed by atoms with Crippen molar-refractivity contribution >= 4 is 17.6 Å².